The SMILES string of the molecule is CCCC(CCCl)CNC(=O)c1cccc(C)c1C. The van der Waals surface area contributed by atoms with Crippen LogP contribution < -0.4 is 5.32 Å². The predicted octanol–water partition coefficient (Wildman–Crippen LogP) is 4.08. The summed E-state index contributed by atoms with van der Waals surface area (Å²) in [5.41, 5.74) is 2.99. The molecule has 1 unspecified atom stereocenters. The number of nitrogens with one attached hydrogen (secondary N) is 1. The maximum atomic E-state index is 12.2. The van der Waals surface area contributed by atoms with Gasteiger partial charge in [-0.1, -0.05) is 25.5 Å². The largest absolute Gasteiger partial charge is 0.352 e. The van der Waals surface area contributed by atoms with E-state index >= 15 is 0 Å². The number of halogens is 1. The fraction of sp³-hybridized carbons (Fsp3) is 0.562. The minimum Gasteiger partial charge on any atom is -0.352 e. The van der Waals surface area contributed by atoms with E-state index in [0.29, 0.717) is 18.3 Å². The van der Waals surface area contributed by atoms with Crippen molar-refractivity contribution < 1.29 is 4.79 Å². The number of benzene rings is 1. The summed E-state index contributed by atoms with van der Waals surface area (Å²) in [6, 6.07) is 5.84. The van der Waals surface area contributed by atoms with Crippen LogP contribution in [0, 0.1) is 19.8 Å². The Bertz CT molecular complexity index is 411. The van der Waals surface area contributed by atoms with Gasteiger partial charge >= 0.3 is 0 Å². The quantitative estimate of drug-likeness (QED) is 0.750. The lowest BCUT2D eigenvalue weighted by molar-refractivity contribution is 0.0945. The molecule has 1 aromatic rings. The molecule has 3 heteroatoms. The summed E-state index contributed by atoms with van der Waals surface area (Å²) in [5, 5.41) is 3.04. The Balaban J connectivity index is 2.61. The number of carbonyl (C=O) groups excluding carboxylic acids is 1. The summed E-state index contributed by atoms with van der Waals surface area (Å²) in [6.45, 7) is 6.90. The topological polar surface area (TPSA) is 29.1 Å². The zero-order valence-corrected chi connectivity index (χ0v) is 12.9. The van der Waals surface area contributed by atoms with Gasteiger partial charge in [0.2, 0.25) is 0 Å². The van der Waals surface area contributed by atoms with E-state index in [2.05, 4.69) is 12.2 Å². The average Bonchev–Trinajstić information content (AvgIpc) is 2.39. The Morgan fingerprint density at radius 1 is 1.32 bits per heavy atom. The number of amides is 1. The molecule has 1 amide bonds. The highest BCUT2D eigenvalue weighted by atomic mass is 35.5. The number of aryl methyl sites for hydroxylation is 1. The van der Waals surface area contributed by atoms with Crippen molar-refractivity contribution in [2.24, 2.45) is 5.92 Å². The zero-order chi connectivity index (χ0) is 14.3. The molecule has 1 aromatic carbocycles. The van der Waals surface area contributed by atoms with Gasteiger partial charge in [0.15, 0.2) is 0 Å². The summed E-state index contributed by atoms with van der Waals surface area (Å²) < 4.78 is 0. The zero-order valence-electron chi connectivity index (χ0n) is 12.1. The van der Waals surface area contributed by atoms with Gasteiger partial charge in [-0.25, -0.2) is 0 Å². The summed E-state index contributed by atoms with van der Waals surface area (Å²) in [6.07, 6.45) is 3.20. The van der Waals surface area contributed by atoms with Crippen LogP contribution in [0.1, 0.15) is 47.7 Å². The molecule has 2 nitrogen and oxygen atoms in total. The molecule has 0 fully saturated rings. The van der Waals surface area contributed by atoms with E-state index in [9.17, 15) is 4.79 Å². The van der Waals surface area contributed by atoms with Gasteiger partial charge < -0.3 is 5.32 Å². The van der Waals surface area contributed by atoms with Crippen molar-refractivity contribution in [2.45, 2.75) is 40.0 Å². The molecular weight excluding hydrogens is 258 g/mol. The third-order valence-electron chi connectivity index (χ3n) is 3.61. The fourth-order valence-corrected chi connectivity index (χ4v) is 2.55. The van der Waals surface area contributed by atoms with Crippen molar-refractivity contribution in [3.8, 4) is 0 Å². The van der Waals surface area contributed by atoms with Crippen molar-refractivity contribution in [2.75, 3.05) is 12.4 Å². The molecule has 0 aliphatic heterocycles. The lowest BCUT2D eigenvalue weighted by Gasteiger charge is -2.16. The number of alkyl halides is 1. The highest BCUT2D eigenvalue weighted by molar-refractivity contribution is 6.17. The van der Waals surface area contributed by atoms with Crippen LogP contribution in [0.5, 0.6) is 0 Å². The number of hydrogen-bond donors (Lipinski definition) is 1. The molecule has 1 N–H and O–H groups in total. The van der Waals surface area contributed by atoms with Gasteiger partial charge in [-0.15, -0.1) is 11.6 Å². The third-order valence-corrected chi connectivity index (χ3v) is 3.83. The Hall–Kier alpha value is -1.02. The minimum absolute atomic E-state index is 0.0249. The first-order valence-electron chi connectivity index (χ1n) is 7.00. The molecule has 19 heavy (non-hydrogen) atoms. The van der Waals surface area contributed by atoms with Gasteiger partial charge in [0.25, 0.3) is 5.91 Å². The van der Waals surface area contributed by atoms with E-state index in [1.54, 1.807) is 0 Å². The Morgan fingerprint density at radius 3 is 2.68 bits per heavy atom. The monoisotopic (exact) mass is 281 g/mol. The Kier molecular flexibility index (Phi) is 6.93. The fourth-order valence-electron chi connectivity index (χ4n) is 2.24. The van der Waals surface area contributed by atoms with Gasteiger partial charge in [0.05, 0.1) is 0 Å². The van der Waals surface area contributed by atoms with Crippen LogP contribution in [0.15, 0.2) is 18.2 Å². The van der Waals surface area contributed by atoms with Crippen molar-refractivity contribution >= 4 is 17.5 Å². The van der Waals surface area contributed by atoms with E-state index in [4.69, 9.17) is 11.6 Å². The van der Waals surface area contributed by atoms with Crippen molar-refractivity contribution in [3.63, 3.8) is 0 Å². The van der Waals surface area contributed by atoms with Crippen molar-refractivity contribution in [1.82, 2.24) is 5.32 Å². The van der Waals surface area contributed by atoms with E-state index < -0.39 is 0 Å². The number of carbonyl (C=O) groups is 1. The van der Waals surface area contributed by atoms with E-state index in [1.807, 2.05) is 32.0 Å². The summed E-state index contributed by atoms with van der Waals surface area (Å²) in [4.78, 5) is 12.2. The summed E-state index contributed by atoms with van der Waals surface area (Å²) in [7, 11) is 0. The number of rotatable bonds is 7. The van der Waals surface area contributed by atoms with Crippen LogP contribution >= 0.6 is 11.6 Å². The van der Waals surface area contributed by atoms with Crippen LogP contribution in [-0.2, 0) is 0 Å². The van der Waals surface area contributed by atoms with Gasteiger partial charge in [-0.3, -0.25) is 4.79 Å². The first kappa shape index (κ1) is 16.0. The van der Waals surface area contributed by atoms with Crippen LogP contribution in [0.2, 0.25) is 0 Å². The molecule has 0 radical (unpaired) electrons. The molecule has 0 heterocycles. The molecule has 0 spiro atoms. The lowest BCUT2D eigenvalue weighted by atomic mass is 9.99. The predicted molar refractivity (Wildman–Crippen MR) is 82.0 cm³/mol. The van der Waals surface area contributed by atoms with Gasteiger partial charge in [0.1, 0.15) is 0 Å². The highest BCUT2D eigenvalue weighted by Crippen LogP contribution is 2.14. The first-order valence-corrected chi connectivity index (χ1v) is 7.54. The van der Waals surface area contributed by atoms with Gasteiger partial charge in [0, 0.05) is 18.0 Å². The Labute approximate surface area is 121 Å². The van der Waals surface area contributed by atoms with Crippen LogP contribution in [0.4, 0.5) is 0 Å². The summed E-state index contributed by atoms with van der Waals surface area (Å²) >= 11 is 5.80. The van der Waals surface area contributed by atoms with Gasteiger partial charge in [-0.05, 0) is 49.8 Å². The lowest BCUT2D eigenvalue weighted by Crippen LogP contribution is -2.30. The first-order chi connectivity index (χ1) is 9.10. The molecule has 1 rings (SSSR count). The van der Waals surface area contributed by atoms with E-state index in [1.165, 1.54) is 0 Å². The molecule has 1 atom stereocenters. The smallest absolute Gasteiger partial charge is 0.251 e. The second-order valence-electron chi connectivity index (χ2n) is 5.09. The summed E-state index contributed by atoms with van der Waals surface area (Å²) in [5.74, 6) is 1.16. The van der Waals surface area contributed by atoms with Crippen molar-refractivity contribution in [3.05, 3.63) is 34.9 Å². The highest BCUT2D eigenvalue weighted by Gasteiger charge is 2.12. The molecular formula is C16H24ClNO. The molecule has 0 saturated heterocycles. The minimum atomic E-state index is 0.0249. The second-order valence-corrected chi connectivity index (χ2v) is 5.47. The van der Waals surface area contributed by atoms with E-state index in [0.717, 1.165) is 36.0 Å². The van der Waals surface area contributed by atoms with Crippen LogP contribution in [0.25, 0.3) is 0 Å². The van der Waals surface area contributed by atoms with E-state index in [-0.39, 0.29) is 5.91 Å². The van der Waals surface area contributed by atoms with Gasteiger partial charge in [-0.2, -0.15) is 0 Å². The molecule has 0 bridgehead atoms. The van der Waals surface area contributed by atoms with Crippen LogP contribution in [-0.4, -0.2) is 18.3 Å². The molecule has 0 aromatic heterocycles. The molecule has 0 aliphatic carbocycles. The average molecular weight is 282 g/mol. The normalized spacial score (nSPS) is 12.2. The molecule has 106 valence electrons. The second kappa shape index (κ2) is 8.21. The number of hydrogen-bond acceptors (Lipinski definition) is 1. The third kappa shape index (κ3) is 4.87. The van der Waals surface area contributed by atoms with Crippen molar-refractivity contribution in [1.29, 1.82) is 0 Å². The van der Waals surface area contributed by atoms with Crippen LogP contribution in [0.3, 0.4) is 0 Å². The Morgan fingerprint density at radius 2 is 2.05 bits per heavy atom. The molecule has 0 aliphatic rings. The standard InChI is InChI=1S/C16H24ClNO/c1-4-6-14(9-10-17)11-18-16(19)15-8-5-7-12(2)13(15)3/h5,7-8,14H,4,6,9-11H2,1-3H3,(H,18,19). The maximum Gasteiger partial charge on any atom is 0.251 e. The molecule has 0 saturated carbocycles. The maximum absolute atomic E-state index is 12.2.